The first kappa shape index (κ1) is 10.8. The highest BCUT2D eigenvalue weighted by atomic mass is 32.1. The van der Waals surface area contributed by atoms with Crippen LogP contribution in [-0.4, -0.2) is 39.6 Å². The Morgan fingerprint density at radius 3 is 2.00 bits per heavy atom. The zero-order valence-corrected chi connectivity index (χ0v) is 10.1. The van der Waals surface area contributed by atoms with Gasteiger partial charge in [0.1, 0.15) is 0 Å². The van der Waals surface area contributed by atoms with E-state index >= 15 is 0 Å². The van der Waals surface area contributed by atoms with Crippen molar-refractivity contribution in [1.82, 2.24) is 9.80 Å². The summed E-state index contributed by atoms with van der Waals surface area (Å²) in [5.74, 6) is 0. The minimum atomic E-state index is 0.167. The molecule has 0 aromatic rings. The van der Waals surface area contributed by atoms with Gasteiger partial charge in [-0.1, -0.05) is 0 Å². The summed E-state index contributed by atoms with van der Waals surface area (Å²) in [6.45, 7) is 13.2. The van der Waals surface area contributed by atoms with Crippen molar-refractivity contribution >= 4 is 17.3 Å². The van der Waals surface area contributed by atoms with Crippen molar-refractivity contribution in [3.8, 4) is 0 Å². The number of hydrogen-bond donors (Lipinski definition) is 0. The molecule has 0 bridgehead atoms. The van der Waals surface area contributed by atoms with Gasteiger partial charge in [-0.05, 0) is 46.8 Å². The van der Waals surface area contributed by atoms with Crippen LogP contribution in [0.4, 0.5) is 0 Å². The molecule has 1 aliphatic rings. The van der Waals surface area contributed by atoms with E-state index in [1.807, 2.05) is 0 Å². The van der Waals surface area contributed by atoms with Crippen LogP contribution in [0, 0.1) is 0 Å². The van der Waals surface area contributed by atoms with Crippen molar-refractivity contribution in [2.45, 2.75) is 46.2 Å². The van der Waals surface area contributed by atoms with Gasteiger partial charge in [-0.15, -0.1) is 0 Å². The van der Waals surface area contributed by atoms with E-state index in [4.69, 9.17) is 12.2 Å². The molecule has 1 fully saturated rings. The van der Waals surface area contributed by atoms with Crippen molar-refractivity contribution in [2.75, 3.05) is 13.1 Å². The van der Waals surface area contributed by atoms with Gasteiger partial charge < -0.3 is 9.80 Å². The molecule has 0 unspecified atom stereocenters. The maximum atomic E-state index is 5.44. The minimum Gasteiger partial charge on any atom is -0.345 e. The van der Waals surface area contributed by atoms with Gasteiger partial charge in [0.2, 0.25) is 0 Å². The maximum Gasteiger partial charge on any atom is 0.172 e. The lowest BCUT2D eigenvalue weighted by Gasteiger charge is -2.34. The first-order valence-electron chi connectivity index (χ1n) is 4.92. The van der Waals surface area contributed by atoms with E-state index < -0.39 is 0 Å². The molecule has 0 radical (unpaired) electrons. The predicted octanol–water partition coefficient (Wildman–Crippen LogP) is 2.10. The molecule has 0 aliphatic carbocycles. The zero-order valence-electron chi connectivity index (χ0n) is 9.29. The summed E-state index contributed by atoms with van der Waals surface area (Å²) in [7, 11) is 0. The highest BCUT2D eigenvalue weighted by molar-refractivity contribution is 7.80. The highest BCUT2D eigenvalue weighted by Crippen LogP contribution is 2.21. The molecule has 76 valence electrons. The summed E-state index contributed by atoms with van der Waals surface area (Å²) < 4.78 is 0. The topological polar surface area (TPSA) is 6.48 Å². The molecule has 0 aromatic heterocycles. The van der Waals surface area contributed by atoms with Gasteiger partial charge in [0.25, 0.3) is 0 Å². The molecule has 3 heteroatoms. The van der Waals surface area contributed by atoms with Crippen LogP contribution in [0.3, 0.4) is 0 Å². The van der Waals surface area contributed by atoms with Crippen molar-refractivity contribution < 1.29 is 0 Å². The van der Waals surface area contributed by atoms with E-state index in [1.54, 1.807) is 0 Å². The van der Waals surface area contributed by atoms with Crippen LogP contribution in [0.2, 0.25) is 0 Å². The Morgan fingerprint density at radius 1 is 1.23 bits per heavy atom. The molecule has 1 saturated heterocycles. The van der Waals surface area contributed by atoms with Gasteiger partial charge in [-0.2, -0.15) is 0 Å². The number of thiocarbonyl (C=S) groups is 1. The minimum absolute atomic E-state index is 0.167. The molecule has 13 heavy (non-hydrogen) atoms. The first-order valence-corrected chi connectivity index (χ1v) is 5.33. The van der Waals surface area contributed by atoms with E-state index in [9.17, 15) is 0 Å². The van der Waals surface area contributed by atoms with Gasteiger partial charge in [-0.3, -0.25) is 0 Å². The third-order valence-electron chi connectivity index (χ3n) is 2.47. The lowest BCUT2D eigenvalue weighted by molar-refractivity contribution is 0.263. The van der Waals surface area contributed by atoms with Crippen LogP contribution in [0.5, 0.6) is 0 Å². The molecule has 1 heterocycles. The summed E-state index contributed by atoms with van der Waals surface area (Å²) in [5.41, 5.74) is 0.167. The van der Waals surface area contributed by atoms with Crippen molar-refractivity contribution in [3.05, 3.63) is 0 Å². The number of nitrogens with zero attached hydrogens (tertiary/aromatic N) is 2. The summed E-state index contributed by atoms with van der Waals surface area (Å²) in [6.07, 6.45) is 0. The molecule has 0 atom stereocenters. The summed E-state index contributed by atoms with van der Waals surface area (Å²) in [4.78, 5) is 4.60. The summed E-state index contributed by atoms with van der Waals surface area (Å²) >= 11 is 5.44. The fourth-order valence-corrected chi connectivity index (χ4v) is 2.32. The van der Waals surface area contributed by atoms with E-state index in [-0.39, 0.29) is 5.54 Å². The van der Waals surface area contributed by atoms with Crippen LogP contribution in [0.25, 0.3) is 0 Å². The lowest BCUT2D eigenvalue weighted by atomic mass is 10.1. The second-order valence-corrected chi connectivity index (χ2v) is 5.26. The fraction of sp³-hybridized carbons (Fsp3) is 0.900. The van der Waals surface area contributed by atoms with Gasteiger partial charge in [0, 0.05) is 24.7 Å². The Morgan fingerprint density at radius 2 is 1.77 bits per heavy atom. The average Bonchev–Trinajstić information content (AvgIpc) is 2.28. The Bertz CT molecular complexity index is 205. The Kier molecular flexibility index (Phi) is 2.85. The van der Waals surface area contributed by atoms with Crippen LogP contribution < -0.4 is 0 Å². The van der Waals surface area contributed by atoms with Crippen molar-refractivity contribution in [1.29, 1.82) is 0 Å². The molecular weight excluding hydrogens is 180 g/mol. The van der Waals surface area contributed by atoms with Crippen LogP contribution in [0.15, 0.2) is 0 Å². The second-order valence-electron chi connectivity index (χ2n) is 4.89. The smallest absolute Gasteiger partial charge is 0.172 e. The van der Waals surface area contributed by atoms with Gasteiger partial charge >= 0.3 is 0 Å². The molecule has 1 aliphatic heterocycles. The zero-order chi connectivity index (χ0) is 10.2. The third kappa shape index (κ3) is 2.13. The van der Waals surface area contributed by atoms with Crippen LogP contribution >= 0.6 is 12.2 Å². The molecule has 0 N–H and O–H groups in total. The second kappa shape index (κ2) is 3.45. The molecule has 0 spiro atoms. The van der Waals surface area contributed by atoms with Crippen LogP contribution in [0.1, 0.15) is 34.6 Å². The molecule has 0 aromatic carbocycles. The maximum absolute atomic E-state index is 5.44. The Labute approximate surface area is 86.9 Å². The summed E-state index contributed by atoms with van der Waals surface area (Å²) in [5, 5.41) is 1.02. The van der Waals surface area contributed by atoms with Gasteiger partial charge in [0.05, 0.1) is 0 Å². The van der Waals surface area contributed by atoms with Crippen molar-refractivity contribution in [2.24, 2.45) is 0 Å². The molecular formula is C10H20N2S. The third-order valence-corrected chi connectivity index (χ3v) is 2.93. The standard InChI is InChI=1S/C10H20N2S/c1-8(2)11-6-7-12(9(11)13)10(3,4)5/h8H,6-7H2,1-5H3. The Balaban J connectivity index is 2.72. The highest BCUT2D eigenvalue weighted by Gasteiger charge is 2.33. The monoisotopic (exact) mass is 200 g/mol. The van der Waals surface area contributed by atoms with Crippen molar-refractivity contribution in [3.63, 3.8) is 0 Å². The Hall–Kier alpha value is -0.310. The number of hydrogen-bond acceptors (Lipinski definition) is 1. The SMILES string of the molecule is CC(C)N1CCN(C(C)(C)C)C1=S. The lowest BCUT2D eigenvalue weighted by Crippen LogP contribution is -2.45. The van der Waals surface area contributed by atoms with Crippen LogP contribution in [-0.2, 0) is 0 Å². The molecule has 0 amide bonds. The number of rotatable bonds is 1. The van der Waals surface area contributed by atoms with E-state index in [0.29, 0.717) is 6.04 Å². The molecule has 1 rings (SSSR count). The fourth-order valence-electron chi connectivity index (χ4n) is 1.66. The average molecular weight is 200 g/mol. The molecule has 0 saturated carbocycles. The first-order chi connectivity index (χ1) is 5.84. The largest absolute Gasteiger partial charge is 0.345 e. The van der Waals surface area contributed by atoms with E-state index in [2.05, 4.69) is 44.4 Å². The predicted molar refractivity (Wildman–Crippen MR) is 60.9 cm³/mol. The normalized spacial score (nSPS) is 19.1. The van der Waals surface area contributed by atoms with Gasteiger partial charge in [-0.25, -0.2) is 0 Å². The summed E-state index contributed by atoms with van der Waals surface area (Å²) in [6, 6.07) is 0.528. The molecule has 2 nitrogen and oxygen atoms in total. The quantitative estimate of drug-likeness (QED) is 0.599. The van der Waals surface area contributed by atoms with Gasteiger partial charge in [0.15, 0.2) is 5.11 Å². The van der Waals surface area contributed by atoms with E-state index in [0.717, 1.165) is 18.2 Å². The van der Waals surface area contributed by atoms with E-state index in [1.165, 1.54) is 0 Å².